The molecule has 0 fully saturated rings. The summed E-state index contributed by atoms with van der Waals surface area (Å²) >= 11 is 5.66. The van der Waals surface area contributed by atoms with Gasteiger partial charge in [0, 0.05) is 12.1 Å². The summed E-state index contributed by atoms with van der Waals surface area (Å²) in [7, 11) is 0. The molecule has 0 aliphatic rings. The molecule has 0 aliphatic carbocycles. The van der Waals surface area contributed by atoms with Gasteiger partial charge in [0.25, 0.3) is 5.91 Å². The highest BCUT2D eigenvalue weighted by molar-refractivity contribution is 6.30. The third-order valence-corrected chi connectivity index (χ3v) is 3.16. The summed E-state index contributed by atoms with van der Waals surface area (Å²) in [4.78, 5) is 12.0. The first-order valence-electron chi connectivity index (χ1n) is 5.95. The van der Waals surface area contributed by atoms with Crippen molar-refractivity contribution in [3.05, 3.63) is 69.7 Å². The first-order valence-corrected chi connectivity index (χ1v) is 6.33. The molecule has 0 bridgehead atoms. The normalized spacial score (nSPS) is 10.4. The fraction of sp³-hybridized carbons (Fsp3) is 0.133. The first-order chi connectivity index (χ1) is 9.47. The number of nitrogens with one attached hydrogen (secondary N) is 1. The number of aryl methyl sites for hydroxylation is 1. The number of carbonyl (C=O) groups is 1. The summed E-state index contributed by atoms with van der Waals surface area (Å²) < 4.78 is 26.0. The van der Waals surface area contributed by atoms with Crippen molar-refractivity contribution in [2.24, 2.45) is 0 Å². The number of carbonyl (C=O) groups excluding carboxylic acids is 1. The summed E-state index contributed by atoms with van der Waals surface area (Å²) in [6.07, 6.45) is 0. The molecule has 20 heavy (non-hydrogen) atoms. The van der Waals surface area contributed by atoms with Gasteiger partial charge >= 0.3 is 0 Å². The molecule has 0 atom stereocenters. The zero-order valence-electron chi connectivity index (χ0n) is 10.7. The van der Waals surface area contributed by atoms with E-state index in [1.165, 1.54) is 30.3 Å². The Morgan fingerprint density at radius 2 is 1.95 bits per heavy atom. The van der Waals surface area contributed by atoms with Gasteiger partial charge in [-0.05, 0) is 48.4 Å². The van der Waals surface area contributed by atoms with Crippen molar-refractivity contribution >= 4 is 17.5 Å². The Labute approximate surface area is 120 Å². The predicted octanol–water partition coefficient (Wildman–Crippen LogP) is 3.86. The standard InChI is InChI=1S/C15H12ClF2NO/c1-9-6-11(17)3-4-12(9)15(20)19-8-10-2-5-14(18)13(16)7-10/h2-7H,8H2,1H3,(H,19,20). The van der Waals surface area contributed by atoms with Gasteiger partial charge in [0.1, 0.15) is 11.6 Å². The highest BCUT2D eigenvalue weighted by Gasteiger charge is 2.09. The number of benzene rings is 2. The summed E-state index contributed by atoms with van der Waals surface area (Å²) in [5, 5.41) is 2.69. The highest BCUT2D eigenvalue weighted by Crippen LogP contribution is 2.16. The van der Waals surface area contributed by atoms with Gasteiger partial charge in [-0.25, -0.2) is 8.78 Å². The van der Waals surface area contributed by atoms with Crippen molar-refractivity contribution in [1.29, 1.82) is 0 Å². The van der Waals surface area contributed by atoms with Crippen LogP contribution in [0.25, 0.3) is 0 Å². The molecule has 104 valence electrons. The van der Waals surface area contributed by atoms with E-state index in [2.05, 4.69) is 5.32 Å². The van der Waals surface area contributed by atoms with Crippen LogP contribution in [0.5, 0.6) is 0 Å². The molecule has 1 amide bonds. The zero-order valence-corrected chi connectivity index (χ0v) is 11.5. The van der Waals surface area contributed by atoms with Gasteiger partial charge in [-0.2, -0.15) is 0 Å². The average Bonchev–Trinajstić information content (AvgIpc) is 2.40. The lowest BCUT2D eigenvalue weighted by Crippen LogP contribution is -2.23. The number of hydrogen-bond acceptors (Lipinski definition) is 1. The average molecular weight is 296 g/mol. The van der Waals surface area contributed by atoms with Crippen LogP contribution in [-0.2, 0) is 6.54 Å². The molecule has 0 heterocycles. The molecule has 2 rings (SSSR count). The van der Waals surface area contributed by atoms with Gasteiger partial charge in [-0.3, -0.25) is 4.79 Å². The lowest BCUT2D eigenvalue weighted by atomic mass is 10.1. The van der Waals surface area contributed by atoms with Crippen molar-refractivity contribution in [3.8, 4) is 0 Å². The Hall–Kier alpha value is -1.94. The first kappa shape index (κ1) is 14.5. The van der Waals surface area contributed by atoms with Crippen LogP contribution in [0.3, 0.4) is 0 Å². The maximum atomic E-state index is 13.0. The van der Waals surface area contributed by atoms with Crippen molar-refractivity contribution in [1.82, 2.24) is 5.32 Å². The molecule has 0 spiro atoms. The molecule has 2 nitrogen and oxygen atoms in total. The molecular formula is C15H12ClF2NO. The monoisotopic (exact) mass is 295 g/mol. The Morgan fingerprint density at radius 1 is 1.20 bits per heavy atom. The minimum atomic E-state index is -0.504. The van der Waals surface area contributed by atoms with E-state index in [9.17, 15) is 13.6 Å². The number of rotatable bonds is 3. The van der Waals surface area contributed by atoms with Crippen LogP contribution < -0.4 is 5.32 Å². The SMILES string of the molecule is Cc1cc(F)ccc1C(=O)NCc1ccc(F)c(Cl)c1. The van der Waals surface area contributed by atoms with Crippen molar-refractivity contribution in [2.75, 3.05) is 0 Å². The minimum absolute atomic E-state index is 0.00899. The van der Waals surface area contributed by atoms with E-state index in [-0.39, 0.29) is 23.3 Å². The van der Waals surface area contributed by atoms with Gasteiger partial charge in [0.05, 0.1) is 5.02 Å². The van der Waals surface area contributed by atoms with E-state index in [1.807, 2.05) is 0 Å². The second kappa shape index (κ2) is 6.01. The summed E-state index contributed by atoms with van der Waals surface area (Å²) in [5.41, 5.74) is 1.64. The highest BCUT2D eigenvalue weighted by atomic mass is 35.5. The van der Waals surface area contributed by atoms with Crippen LogP contribution in [0.4, 0.5) is 8.78 Å². The van der Waals surface area contributed by atoms with E-state index < -0.39 is 5.82 Å². The third-order valence-electron chi connectivity index (χ3n) is 2.87. The topological polar surface area (TPSA) is 29.1 Å². The van der Waals surface area contributed by atoms with Crippen LogP contribution in [-0.4, -0.2) is 5.91 Å². The fourth-order valence-corrected chi connectivity index (χ4v) is 2.01. The van der Waals surface area contributed by atoms with Crippen molar-refractivity contribution in [2.45, 2.75) is 13.5 Å². The van der Waals surface area contributed by atoms with Crippen LogP contribution in [0.1, 0.15) is 21.5 Å². The third kappa shape index (κ3) is 3.33. The van der Waals surface area contributed by atoms with Crippen LogP contribution in [0.15, 0.2) is 36.4 Å². The maximum Gasteiger partial charge on any atom is 0.251 e. The second-order valence-corrected chi connectivity index (χ2v) is 4.80. The second-order valence-electron chi connectivity index (χ2n) is 4.39. The Bertz CT molecular complexity index is 658. The van der Waals surface area contributed by atoms with Gasteiger partial charge in [0.15, 0.2) is 0 Å². The molecule has 5 heteroatoms. The minimum Gasteiger partial charge on any atom is -0.348 e. The zero-order chi connectivity index (χ0) is 14.7. The molecule has 2 aromatic rings. The van der Waals surface area contributed by atoms with Gasteiger partial charge in [-0.15, -0.1) is 0 Å². The summed E-state index contributed by atoms with van der Waals surface area (Å²) in [6, 6.07) is 8.19. The Morgan fingerprint density at radius 3 is 2.60 bits per heavy atom. The number of halogens is 3. The molecule has 2 aromatic carbocycles. The number of hydrogen-bond donors (Lipinski definition) is 1. The molecule has 0 unspecified atom stereocenters. The molecular weight excluding hydrogens is 284 g/mol. The van der Waals surface area contributed by atoms with E-state index in [0.717, 1.165) is 0 Å². The predicted molar refractivity (Wildman–Crippen MR) is 73.7 cm³/mol. The fourth-order valence-electron chi connectivity index (χ4n) is 1.81. The number of amides is 1. The quantitative estimate of drug-likeness (QED) is 0.915. The lowest BCUT2D eigenvalue weighted by Gasteiger charge is -2.08. The van der Waals surface area contributed by atoms with Crippen molar-refractivity contribution in [3.63, 3.8) is 0 Å². The lowest BCUT2D eigenvalue weighted by molar-refractivity contribution is 0.0950. The van der Waals surface area contributed by atoms with E-state index in [1.54, 1.807) is 13.0 Å². The van der Waals surface area contributed by atoms with E-state index in [4.69, 9.17) is 11.6 Å². The van der Waals surface area contributed by atoms with Crippen LogP contribution in [0.2, 0.25) is 5.02 Å². The molecule has 1 N–H and O–H groups in total. The van der Waals surface area contributed by atoms with E-state index in [0.29, 0.717) is 16.7 Å². The van der Waals surface area contributed by atoms with Crippen LogP contribution >= 0.6 is 11.6 Å². The smallest absolute Gasteiger partial charge is 0.251 e. The Kier molecular flexibility index (Phi) is 4.35. The van der Waals surface area contributed by atoms with Crippen LogP contribution in [0, 0.1) is 18.6 Å². The maximum absolute atomic E-state index is 13.0. The summed E-state index contributed by atoms with van der Waals surface area (Å²) in [5.74, 6) is -1.21. The van der Waals surface area contributed by atoms with Crippen molar-refractivity contribution < 1.29 is 13.6 Å². The molecule has 0 aliphatic heterocycles. The van der Waals surface area contributed by atoms with E-state index >= 15 is 0 Å². The van der Waals surface area contributed by atoms with Gasteiger partial charge in [-0.1, -0.05) is 17.7 Å². The Balaban J connectivity index is 2.06. The largest absolute Gasteiger partial charge is 0.348 e. The molecule has 0 aromatic heterocycles. The summed E-state index contributed by atoms with van der Waals surface area (Å²) in [6.45, 7) is 1.88. The molecule has 0 saturated carbocycles. The molecule has 0 saturated heterocycles. The van der Waals surface area contributed by atoms with Gasteiger partial charge in [0.2, 0.25) is 0 Å². The molecule has 0 radical (unpaired) electrons. The van der Waals surface area contributed by atoms with Gasteiger partial charge < -0.3 is 5.32 Å².